The molecule has 0 unspecified atom stereocenters. The average Bonchev–Trinajstić information content (AvgIpc) is 2.44. The summed E-state index contributed by atoms with van der Waals surface area (Å²) in [6.07, 6.45) is -1.61. The molecule has 0 amide bonds. The second kappa shape index (κ2) is 6.17. The molecule has 0 saturated heterocycles. The Kier molecular flexibility index (Phi) is 4.49. The minimum absolute atomic E-state index is 0.0380. The summed E-state index contributed by atoms with van der Waals surface area (Å²) in [5.74, 6) is 0.404. The normalized spacial score (nSPS) is 12.3. The van der Waals surface area contributed by atoms with Gasteiger partial charge in [-0.15, -0.1) is 0 Å². The first-order valence-electron chi connectivity index (χ1n) is 6.72. The van der Waals surface area contributed by atoms with Gasteiger partial charge < -0.3 is 4.98 Å². The average molecular weight is 308 g/mol. The number of nitrogens with one attached hydrogen (secondary N) is 1. The molecule has 0 atom stereocenters. The van der Waals surface area contributed by atoms with Crippen molar-refractivity contribution >= 4 is 12.2 Å². The van der Waals surface area contributed by atoms with Crippen molar-refractivity contribution in [1.29, 1.82) is 0 Å². The van der Waals surface area contributed by atoms with Gasteiger partial charge in [-0.3, -0.25) is 0 Å². The van der Waals surface area contributed by atoms with Crippen LogP contribution >= 0.6 is 0 Å². The summed E-state index contributed by atoms with van der Waals surface area (Å²) in [6.45, 7) is 4.15. The fourth-order valence-electron chi connectivity index (χ4n) is 1.89. The second-order valence-electron chi connectivity index (χ2n) is 5.18. The van der Waals surface area contributed by atoms with Crippen LogP contribution in [0, 0.1) is 0 Å². The van der Waals surface area contributed by atoms with E-state index in [1.165, 1.54) is 11.6 Å². The molecule has 2 aromatic rings. The van der Waals surface area contributed by atoms with Crippen molar-refractivity contribution in [2.75, 3.05) is 0 Å². The predicted octanol–water partition coefficient (Wildman–Crippen LogP) is 4.08. The molecule has 0 bridgehead atoms. The molecule has 1 aromatic carbocycles. The molecule has 22 heavy (non-hydrogen) atoms. The standard InChI is InChI=1S/C16H15F3N2O/c1-10(2)12-6-3-11(4-7-12)5-8-13-9-14(16(17,18)19)21-15(22)20-13/h3-10H,1-2H3,(H,20,21,22)/b8-5+. The van der Waals surface area contributed by atoms with E-state index < -0.39 is 17.6 Å². The minimum atomic E-state index is -4.61. The van der Waals surface area contributed by atoms with Crippen LogP contribution < -0.4 is 5.69 Å². The maximum absolute atomic E-state index is 12.6. The van der Waals surface area contributed by atoms with Crippen molar-refractivity contribution in [3.8, 4) is 0 Å². The van der Waals surface area contributed by atoms with Crippen LogP contribution in [0.3, 0.4) is 0 Å². The summed E-state index contributed by atoms with van der Waals surface area (Å²) in [4.78, 5) is 16.4. The lowest BCUT2D eigenvalue weighted by atomic mass is 10.0. The summed E-state index contributed by atoms with van der Waals surface area (Å²) in [7, 11) is 0. The number of aromatic nitrogens is 2. The lowest BCUT2D eigenvalue weighted by molar-refractivity contribution is -0.141. The zero-order valence-corrected chi connectivity index (χ0v) is 12.1. The van der Waals surface area contributed by atoms with Crippen LogP contribution in [0.2, 0.25) is 0 Å². The molecule has 1 N–H and O–H groups in total. The molecular formula is C16H15F3N2O. The molecule has 1 aromatic heterocycles. The molecule has 0 saturated carbocycles. The SMILES string of the molecule is CC(C)c1ccc(/C=C/c2cc(C(F)(F)F)[nH]c(=O)n2)cc1. The highest BCUT2D eigenvalue weighted by molar-refractivity contribution is 5.68. The minimum Gasteiger partial charge on any atom is -0.302 e. The molecular weight excluding hydrogens is 293 g/mol. The van der Waals surface area contributed by atoms with Gasteiger partial charge in [0.05, 0.1) is 5.69 Å². The van der Waals surface area contributed by atoms with Gasteiger partial charge in [-0.25, -0.2) is 4.79 Å². The van der Waals surface area contributed by atoms with Crippen molar-refractivity contribution in [1.82, 2.24) is 9.97 Å². The van der Waals surface area contributed by atoms with Gasteiger partial charge in [-0.1, -0.05) is 44.2 Å². The molecule has 0 aliphatic heterocycles. The summed E-state index contributed by atoms with van der Waals surface area (Å²) in [5, 5.41) is 0. The molecule has 0 aliphatic rings. The first-order chi connectivity index (χ1) is 10.3. The van der Waals surface area contributed by atoms with Crippen molar-refractivity contribution < 1.29 is 13.2 Å². The molecule has 1 heterocycles. The van der Waals surface area contributed by atoms with Gasteiger partial charge in [0.2, 0.25) is 0 Å². The van der Waals surface area contributed by atoms with Crippen LogP contribution in [0.5, 0.6) is 0 Å². The van der Waals surface area contributed by atoms with Crippen molar-refractivity contribution in [3.63, 3.8) is 0 Å². The third-order valence-electron chi connectivity index (χ3n) is 3.12. The number of H-pyrrole nitrogens is 1. The quantitative estimate of drug-likeness (QED) is 0.928. The Balaban J connectivity index is 2.26. The number of benzene rings is 1. The third kappa shape index (κ3) is 4.07. The number of hydrogen-bond donors (Lipinski definition) is 1. The smallest absolute Gasteiger partial charge is 0.302 e. The Hall–Kier alpha value is -2.37. The Bertz CT molecular complexity index is 728. The highest BCUT2D eigenvalue weighted by atomic mass is 19.4. The van der Waals surface area contributed by atoms with Gasteiger partial charge >= 0.3 is 11.9 Å². The highest BCUT2D eigenvalue weighted by Crippen LogP contribution is 2.27. The largest absolute Gasteiger partial charge is 0.431 e. The van der Waals surface area contributed by atoms with E-state index in [1.807, 2.05) is 24.3 Å². The van der Waals surface area contributed by atoms with E-state index in [0.29, 0.717) is 5.92 Å². The predicted molar refractivity (Wildman–Crippen MR) is 79.3 cm³/mol. The molecule has 6 heteroatoms. The van der Waals surface area contributed by atoms with E-state index in [9.17, 15) is 18.0 Å². The van der Waals surface area contributed by atoms with Gasteiger partial charge in [-0.05, 0) is 29.2 Å². The number of rotatable bonds is 3. The van der Waals surface area contributed by atoms with E-state index in [0.717, 1.165) is 11.6 Å². The number of alkyl halides is 3. The maximum atomic E-state index is 12.6. The van der Waals surface area contributed by atoms with E-state index in [-0.39, 0.29) is 5.69 Å². The Labute approximate surface area is 125 Å². The molecule has 0 spiro atoms. The number of aromatic amines is 1. The monoisotopic (exact) mass is 308 g/mol. The Morgan fingerprint density at radius 1 is 1.14 bits per heavy atom. The molecule has 0 radical (unpaired) electrons. The molecule has 3 nitrogen and oxygen atoms in total. The van der Waals surface area contributed by atoms with Crippen LogP contribution in [0.1, 0.15) is 42.3 Å². The summed E-state index contributed by atoms with van der Waals surface area (Å²) >= 11 is 0. The summed E-state index contributed by atoms with van der Waals surface area (Å²) in [5.41, 5.74) is -0.179. The van der Waals surface area contributed by atoms with Crippen molar-refractivity contribution in [3.05, 3.63) is 63.3 Å². The summed E-state index contributed by atoms with van der Waals surface area (Å²) < 4.78 is 37.8. The van der Waals surface area contributed by atoms with E-state index in [1.54, 1.807) is 11.1 Å². The van der Waals surface area contributed by atoms with Crippen LogP contribution in [0.4, 0.5) is 13.2 Å². The van der Waals surface area contributed by atoms with Gasteiger partial charge in [-0.2, -0.15) is 18.2 Å². The van der Waals surface area contributed by atoms with Gasteiger partial charge in [0, 0.05) is 0 Å². The molecule has 0 fully saturated rings. The van der Waals surface area contributed by atoms with Crippen molar-refractivity contribution in [2.24, 2.45) is 0 Å². The fourth-order valence-corrected chi connectivity index (χ4v) is 1.89. The maximum Gasteiger partial charge on any atom is 0.431 e. The molecule has 2 rings (SSSR count). The van der Waals surface area contributed by atoms with Crippen LogP contribution in [-0.4, -0.2) is 9.97 Å². The van der Waals surface area contributed by atoms with Crippen LogP contribution in [0.15, 0.2) is 35.1 Å². The third-order valence-corrected chi connectivity index (χ3v) is 3.12. The van der Waals surface area contributed by atoms with Crippen LogP contribution in [-0.2, 0) is 6.18 Å². The van der Waals surface area contributed by atoms with Gasteiger partial charge in [0.1, 0.15) is 5.69 Å². The molecule has 0 aliphatic carbocycles. The fraction of sp³-hybridized carbons (Fsp3) is 0.250. The van der Waals surface area contributed by atoms with E-state index in [4.69, 9.17) is 0 Å². The van der Waals surface area contributed by atoms with Gasteiger partial charge in [0.25, 0.3) is 0 Å². The Morgan fingerprint density at radius 3 is 2.32 bits per heavy atom. The first-order valence-corrected chi connectivity index (χ1v) is 6.72. The second-order valence-corrected chi connectivity index (χ2v) is 5.18. The summed E-state index contributed by atoms with van der Waals surface area (Å²) in [6, 6.07) is 8.45. The Morgan fingerprint density at radius 2 is 1.77 bits per heavy atom. The lowest BCUT2D eigenvalue weighted by Crippen LogP contribution is -2.19. The van der Waals surface area contributed by atoms with Crippen LogP contribution in [0.25, 0.3) is 12.2 Å². The van der Waals surface area contributed by atoms with E-state index >= 15 is 0 Å². The zero-order chi connectivity index (χ0) is 16.3. The topological polar surface area (TPSA) is 45.8 Å². The first kappa shape index (κ1) is 16.0. The zero-order valence-electron chi connectivity index (χ0n) is 12.1. The number of hydrogen-bond acceptors (Lipinski definition) is 2. The van der Waals surface area contributed by atoms with Crippen molar-refractivity contribution in [2.45, 2.75) is 25.9 Å². The van der Waals surface area contributed by atoms with E-state index in [2.05, 4.69) is 18.8 Å². The highest BCUT2D eigenvalue weighted by Gasteiger charge is 2.32. The number of halogens is 3. The van der Waals surface area contributed by atoms with Gasteiger partial charge in [0.15, 0.2) is 0 Å². The number of nitrogens with zero attached hydrogens (tertiary/aromatic N) is 1. The lowest BCUT2D eigenvalue weighted by Gasteiger charge is -2.06. The molecule has 116 valence electrons.